The number of aryl methyl sites for hydroxylation is 1. The molecule has 0 radical (unpaired) electrons. The normalized spacial score (nSPS) is 11.0. The molecule has 0 unspecified atom stereocenters. The molecule has 0 saturated heterocycles. The van der Waals surface area contributed by atoms with Crippen molar-refractivity contribution < 1.29 is 9.21 Å². The molecule has 0 saturated carbocycles. The summed E-state index contributed by atoms with van der Waals surface area (Å²) in [5, 5.41) is 11.9. The van der Waals surface area contributed by atoms with Crippen LogP contribution in [0.4, 0.5) is 11.5 Å². The molecular formula is C23H15BrCl2N8O2. The summed E-state index contributed by atoms with van der Waals surface area (Å²) < 4.78 is 8.10. The monoisotopic (exact) mass is 584 g/mol. The van der Waals surface area contributed by atoms with Gasteiger partial charge >= 0.3 is 0 Å². The molecular weight excluding hydrogens is 571 g/mol. The predicted molar refractivity (Wildman–Crippen MR) is 139 cm³/mol. The van der Waals surface area contributed by atoms with Gasteiger partial charge in [0.2, 0.25) is 5.89 Å². The summed E-state index contributed by atoms with van der Waals surface area (Å²) in [6, 6.07) is 8.39. The lowest BCUT2D eigenvalue weighted by molar-refractivity contribution is 0.102. The second kappa shape index (κ2) is 9.69. The zero-order chi connectivity index (χ0) is 25.4. The maximum Gasteiger partial charge on any atom is 0.272 e. The first-order valence-corrected chi connectivity index (χ1v) is 11.9. The number of amides is 1. The minimum Gasteiger partial charge on any atom is -0.414 e. The number of aromatic nitrogens is 6. The molecule has 0 bridgehead atoms. The van der Waals surface area contributed by atoms with E-state index in [9.17, 15) is 4.79 Å². The molecule has 0 aliphatic rings. The van der Waals surface area contributed by atoms with E-state index in [1.165, 1.54) is 12.4 Å². The first-order valence-electron chi connectivity index (χ1n) is 10.3. The maximum atomic E-state index is 13.5. The second-order valence-corrected chi connectivity index (χ2v) is 9.28. The fraction of sp³-hybridized carbons (Fsp3) is 0.0435. The number of nitrogens with two attached hydrogens (primary N) is 1. The quantitative estimate of drug-likeness (QED) is 0.272. The highest BCUT2D eigenvalue weighted by molar-refractivity contribution is 9.10. The van der Waals surface area contributed by atoms with Crippen molar-refractivity contribution in [1.82, 2.24) is 29.7 Å². The molecule has 4 aromatic heterocycles. The van der Waals surface area contributed by atoms with Crippen LogP contribution in [0.15, 0.2) is 64.0 Å². The number of carbonyl (C=O) groups is 1. The molecule has 13 heteroatoms. The number of pyridine rings is 1. The van der Waals surface area contributed by atoms with Crippen molar-refractivity contribution in [3.8, 4) is 28.9 Å². The predicted octanol–water partition coefficient (Wildman–Crippen LogP) is 5.59. The molecule has 5 rings (SSSR count). The van der Waals surface area contributed by atoms with Gasteiger partial charge in [-0.05, 0) is 58.7 Å². The van der Waals surface area contributed by atoms with Crippen molar-refractivity contribution in [2.45, 2.75) is 6.92 Å². The molecule has 0 fully saturated rings. The molecule has 4 heterocycles. The fourth-order valence-electron chi connectivity index (χ4n) is 3.53. The van der Waals surface area contributed by atoms with Crippen molar-refractivity contribution in [3.63, 3.8) is 0 Å². The summed E-state index contributed by atoms with van der Waals surface area (Å²) in [5.74, 6) is 0.314. The van der Waals surface area contributed by atoms with E-state index < -0.39 is 5.91 Å². The topological polar surface area (TPSA) is 138 Å². The Labute approximate surface area is 222 Å². The molecule has 0 aliphatic carbocycles. The molecule has 180 valence electrons. The van der Waals surface area contributed by atoms with Crippen LogP contribution >= 0.6 is 39.1 Å². The van der Waals surface area contributed by atoms with Gasteiger partial charge < -0.3 is 15.5 Å². The van der Waals surface area contributed by atoms with Crippen molar-refractivity contribution >= 4 is 56.5 Å². The number of hydrogen-bond acceptors (Lipinski definition) is 8. The zero-order valence-corrected chi connectivity index (χ0v) is 21.5. The highest BCUT2D eigenvalue weighted by Crippen LogP contribution is 2.35. The van der Waals surface area contributed by atoms with Gasteiger partial charge in [-0.3, -0.25) is 9.36 Å². The highest BCUT2D eigenvalue weighted by atomic mass is 79.9. The van der Waals surface area contributed by atoms with Gasteiger partial charge in [0.15, 0.2) is 17.3 Å². The number of halogens is 3. The van der Waals surface area contributed by atoms with Crippen LogP contribution in [0.2, 0.25) is 10.0 Å². The lowest BCUT2D eigenvalue weighted by Crippen LogP contribution is -2.18. The minimum atomic E-state index is -0.424. The van der Waals surface area contributed by atoms with Crippen LogP contribution in [0.25, 0.3) is 28.9 Å². The Morgan fingerprint density at radius 3 is 2.64 bits per heavy atom. The summed E-state index contributed by atoms with van der Waals surface area (Å²) in [6.07, 6.45) is 6.21. The summed E-state index contributed by atoms with van der Waals surface area (Å²) in [6.45, 7) is 1.80. The van der Waals surface area contributed by atoms with E-state index in [0.29, 0.717) is 42.8 Å². The number of hydrogen-bond donors (Lipinski definition) is 2. The SMILES string of the molecule is Cc1cc(Cl)cc(-c2nnc(-c3nccnc3N)o2)c1NC(=O)c1cc(Br)cn1-c1ncccc1Cl. The largest absolute Gasteiger partial charge is 0.414 e. The third kappa shape index (κ3) is 4.55. The standard InChI is InChI=1S/C23H15BrCl2N8O2/c1-11-7-13(25)9-14(22-32-33-23(36-22)18-19(27)29-6-5-28-18)17(11)31-21(35)16-8-12(24)10-34(16)20-15(26)3-2-4-30-20/h2-10H,1H3,(H2,27,29)(H,31,35). The number of anilines is 2. The maximum absolute atomic E-state index is 13.5. The van der Waals surface area contributed by atoms with Crippen LogP contribution in [0.5, 0.6) is 0 Å². The number of nitrogens with zero attached hydrogens (tertiary/aromatic N) is 6. The van der Waals surface area contributed by atoms with Crippen molar-refractivity contribution in [2.24, 2.45) is 0 Å². The average Bonchev–Trinajstić information content (AvgIpc) is 3.48. The van der Waals surface area contributed by atoms with E-state index in [4.69, 9.17) is 33.4 Å². The van der Waals surface area contributed by atoms with Crippen LogP contribution in [0.3, 0.4) is 0 Å². The summed E-state index contributed by atoms with van der Waals surface area (Å²) >= 11 is 16.1. The van der Waals surface area contributed by atoms with Gasteiger partial charge in [0, 0.05) is 34.3 Å². The summed E-state index contributed by atoms with van der Waals surface area (Å²) in [4.78, 5) is 25.9. The average molecular weight is 586 g/mol. The number of rotatable bonds is 5. The fourth-order valence-corrected chi connectivity index (χ4v) is 4.44. The Bertz CT molecular complexity index is 1620. The molecule has 36 heavy (non-hydrogen) atoms. The Morgan fingerprint density at radius 1 is 1.08 bits per heavy atom. The number of nitrogens with one attached hydrogen (secondary N) is 1. The number of benzene rings is 1. The highest BCUT2D eigenvalue weighted by Gasteiger charge is 2.23. The van der Waals surface area contributed by atoms with Crippen LogP contribution < -0.4 is 11.1 Å². The van der Waals surface area contributed by atoms with E-state index in [-0.39, 0.29) is 23.3 Å². The van der Waals surface area contributed by atoms with E-state index in [2.05, 4.69) is 46.4 Å². The van der Waals surface area contributed by atoms with Crippen LogP contribution in [0.1, 0.15) is 16.1 Å². The summed E-state index contributed by atoms with van der Waals surface area (Å²) in [5.41, 5.74) is 7.95. The third-order valence-electron chi connectivity index (χ3n) is 5.11. The Hall–Kier alpha value is -3.80. The van der Waals surface area contributed by atoms with Gasteiger partial charge in [-0.25, -0.2) is 15.0 Å². The Kier molecular flexibility index (Phi) is 6.44. The smallest absolute Gasteiger partial charge is 0.272 e. The lowest BCUT2D eigenvalue weighted by Gasteiger charge is -2.14. The Balaban J connectivity index is 1.55. The van der Waals surface area contributed by atoms with Crippen molar-refractivity contribution in [3.05, 3.63) is 80.9 Å². The van der Waals surface area contributed by atoms with Crippen LogP contribution in [-0.4, -0.2) is 35.6 Å². The molecule has 1 aromatic carbocycles. The van der Waals surface area contributed by atoms with Gasteiger partial charge in [-0.15, -0.1) is 10.2 Å². The molecule has 3 N–H and O–H groups in total. The molecule has 1 amide bonds. The second-order valence-electron chi connectivity index (χ2n) is 7.52. The first kappa shape index (κ1) is 23.9. The van der Waals surface area contributed by atoms with Gasteiger partial charge in [0.05, 0.1) is 16.3 Å². The molecule has 0 spiro atoms. The zero-order valence-electron chi connectivity index (χ0n) is 18.4. The molecule has 10 nitrogen and oxygen atoms in total. The van der Waals surface area contributed by atoms with E-state index in [1.54, 1.807) is 54.2 Å². The van der Waals surface area contributed by atoms with Gasteiger partial charge in [-0.1, -0.05) is 23.2 Å². The Morgan fingerprint density at radius 2 is 1.86 bits per heavy atom. The molecule has 5 aromatic rings. The lowest BCUT2D eigenvalue weighted by atomic mass is 10.1. The first-order chi connectivity index (χ1) is 17.3. The van der Waals surface area contributed by atoms with Gasteiger partial charge in [-0.2, -0.15) is 0 Å². The van der Waals surface area contributed by atoms with Crippen molar-refractivity contribution in [2.75, 3.05) is 11.1 Å². The van der Waals surface area contributed by atoms with Crippen LogP contribution in [-0.2, 0) is 0 Å². The van der Waals surface area contributed by atoms with Gasteiger partial charge in [0.25, 0.3) is 11.8 Å². The van der Waals surface area contributed by atoms with Crippen LogP contribution in [0, 0.1) is 6.92 Å². The van der Waals surface area contributed by atoms with E-state index >= 15 is 0 Å². The van der Waals surface area contributed by atoms with E-state index in [0.717, 1.165) is 0 Å². The number of nitrogen functional groups attached to an aromatic ring is 1. The molecule has 0 atom stereocenters. The van der Waals surface area contributed by atoms with Crippen molar-refractivity contribution in [1.29, 1.82) is 0 Å². The van der Waals surface area contributed by atoms with E-state index in [1.807, 2.05) is 0 Å². The minimum absolute atomic E-state index is 0.0769. The third-order valence-corrected chi connectivity index (χ3v) is 6.06. The number of carbonyl (C=O) groups excluding carboxylic acids is 1. The van der Waals surface area contributed by atoms with Gasteiger partial charge in [0.1, 0.15) is 5.69 Å². The molecule has 0 aliphatic heterocycles. The summed E-state index contributed by atoms with van der Waals surface area (Å²) in [7, 11) is 0.